The van der Waals surface area contributed by atoms with Crippen molar-refractivity contribution in [1.82, 2.24) is 10.3 Å². The molecule has 0 aliphatic heterocycles. The van der Waals surface area contributed by atoms with Gasteiger partial charge in [-0.25, -0.2) is 9.37 Å². The summed E-state index contributed by atoms with van der Waals surface area (Å²) in [6.07, 6.45) is 6.24. The van der Waals surface area contributed by atoms with E-state index in [4.69, 9.17) is 4.98 Å². The molecule has 2 aliphatic rings. The number of hydrogen-bond donors (Lipinski definition) is 1. The maximum absolute atomic E-state index is 13.4. The van der Waals surface area contributed by atoms with E-state index >= 15 is 0 Å². The average molecular weight is 302 g/mol. The fourth-order valence-corrected chi connectivity index (χ4v) is 4.23. The Morgan fingerprint density at radius 3 is 3.00 bits per heavy atom. The van der Waals surface area contributed by atoms with Crippen molar-refractivity contribution in [2.75, 3.05) is 6.54 Å². The van der Waals surface area contributed by atoms with Crippen LogP contribution in [0, 0.1) is 5.82 Å². The number of halogens is 1. The minimum Gasteiger partial charge on any atom is -0.313 e. The molecule has 4 heteroatoms. The maximum Gasteiger partial charge on any atom is 0.123 e. The van der Waals surface area contributed by atoms with Gasteiger partial charge in [-0.3, -0.25) is 0 Å². The highest BCUT2D eigenvalue weighted by Gasteiger charge is 2.27. The number of rotatable bonds is 4. The summed E-state index contributed by atoms with van der Waals surface area (Å²) in [6.45, 7) is 1.05. The first-order valence-electron chi connectivity index (χ1n) is 7.78. The molecule has 1 heterocycles. The van der Waals surface area contributed by atoms with Crippen LogP contribution in [0.1, 0.15) is 42.2 Å². The topological polar surface area (TPSA) is 24.9 Å². The van der Waals surface area contributed by atoms with Gasteiger partial charge in [0.2, 0.25) is 0 Å². The van der Waals surface area contributed by atoms with Gasteiger partial charge in [0.1, 0.15) is 10.8 Å². The van der Waals surface area contributed by atoms with Gasteiger partial charge in [-0.05, 0) is 44.2 Å². The zero-order valence-corrected chi connectivity index (χ0v) is 12.8. The molecule has 1 fully saturated rings. The van der Waals surface area contributed by atoms with Crippen LogP contribution in [-0.2, 0) is 6.42 Å². The normalized spacial score (nSPS) is 21.3. The number of nitrogens with one attached hydrogen (secondary N) is 1. The molecule has 2 aromatic rings. The summed E-state index contributed by atoms with van der Waals surface area (Å²) in [6, 6.07) is 7.53. The van der Waals surface area contributed by atoms with E-state index < -0.39 is 0 Å². The summed E-state index contributed by atoms with van der Waals surface area (Å²) < 4.78 is 13.4. The molecule has 0 spiro atoms. The Balaban J connectivity index is 1.60. The zero-order chi connectivity index (χ0) is 14.2. The van der Waals surface area contributed by atoms with Crippen LogP contribution in [0.3, 0.4) is 0 Å². The number of aromatic nitrogens is 1. The molecule has 1 aromatic heterocycles. The maximum atomic E-state index is 13.4. The molecule has 0 amide bonds. The first kappa shape index (κ1) is 13.4. The van der Waals surface area contributed by atoms with Gasteiger partial charge < -0.3 is 5.32 Å². The summed E-state index contributed by atoms with van der Waals surface area (Å²) in [5.74, 6) is 0.348. The van der Waals surface area contributed by atoms with E-state index in [1.165, 1.54) is 42.3 Å². The second-order valence-corrected chi connectivity index (χ2v) is 7.19. The fourth-order valence-electron chi connectivity index (χ4n) is 3.05. The van der Waals surface area contributed by atoms with Crippen molar-refractivity contribution in [3.63, 3.8) is 0 Å². The van der Waals surface area contributed by atoms with Crippen molar-refractivity contribution in [2.24, 2.45) is 0 Å². The SMILES string of the molecule is Fc1cccc(-c2nc3c(s2)CCCC3CNC2CC2)c1. The largest absolute Gasteiger partial charge is 0.313 e. The Kier molecular flexibility index (Phi) is 3.51. The Morgan fingerprint density at radius 1 is 1.29 bits per heavy atom. The third-order valence-electron chi connectivity index (χ3n) is 4.37. The van der Waals surface area contributed by atoms with Gasteiger partial charge in [0, 0.05) is 28.9 Å². The smallest absolute Gasteiger partial charge is 0.123 e. The van der Waals surface area contributed by atoms with E-state index in [1.54, 1.807) is 23.5 Å². The van der Waals surface area contributed by atoms with Crippen molar-refractivity contribution < 1.29 is 4.39 Å². The molecule has 0 bridgehead atoms. The van der Waals surface area contributed by atoms with E-state index in [9.17, 15) is 4.39 Å². The van der Waals surface area contributed by atoms with E-state index in [0.717, 1.165) is 29.6 Å². The summed E-state index contributed by atoms with van der Waals surface area (Å²) in [5.41, 5.74) is 2.17. The Morgan fingerprint density at radius 2 is 2.19 bits per heavy atom. The molecule has 2 aliphatic carbocycles. The van der Waals surface area contributed by atoms with Gasteiger partial charge in [0.25, 0.3) is 0 Å². The van der Waals surface area contributed by atoms with E-state index in [1.807, 2.05) is 6.07 Å². The molecule has 0 saturated heterocycles. The molecular formula is C17H19FN2S. The Bertz CT molecular complexity index is 648. The van der Waals surface area contributed by atoms with E-state index in [-0.39, 0.29) is 5.82 Å². The lowest BCUT2D eigenvalue weighted by Crippen LogP contribution is -2.25. The van der Waals surface area contributed by atoms with Crippen LogP contribution in [-0.4, -0.2) is 17.6 Å². The van der Waals surface area contributed by atoms with Gasteiger partial charge in [0.05, 0.1) is 5.69 Å². The van der Waals surface area contributed by atoms with Crippen LogP contribution < -0.4 is 5.32 Å². The molecule has 2 nitrogen and oxygen atoms in total. The van der Waals surface area contributed by atoms with Gasteiger partial charge >= 0.3 is 0 Å². The molecule has 21 heavy (non-hydrogen) atoms. The highest BCUT2D eigenvalue weighted by atomic mass is 32.1. The van der Waals surface area contributed by atoms with Crippen molar-refractivity contribution >= 4 is 11.3 Å². The highest BCUT2D eigenvalue weighted by Crippen LogP contribution is 2.38. The van der Waals surface area contributed by atoms with Crippen LogP contribution in [0.25, 0.3) is 10.6 Å². The number of thiazole rings is 1. The van der Waals surface area contributed by atoms with Crippen LogP contribution >= 0.6 is 11.3 Å². The molecule has 1 atom stereocenters. The standard InChI is InChI=1S/C17H19FN2S/c18-13-5-1-3-11(9-13)17-20-16-12(10-19-14-7-8-14)4-2-6-15(16)21-17/h1,3,5,9,12,14,19H,2,4,6-8,10H2. The number of benzene rings is 1. The van der Waals surface area contributed by atoms with Crippen LogP contribution in [0.5, 0.6) is 0 Å². The second-order valence-electron chi connectivity index (χ2n) is 6.11. The first-order valence-corrected chi connectivity index (χ1v) is 8.60. The molecular weight excluding hydrogens is 283 g/mol. The van der Waals surface area contributed by atoms with Gasteiger partial charge in [-0.1, -0.05) is 12.1 Å². The molecule has 110 valence electrons. The third-order valence-corrected chi connectivity index (χ3v) is 5.55. The lowest BCUT2D eigenvalue weighted by molar-refractivity contribution is 0.500. The van der Waals surface area contributed by atoms with Crippen molar-refractivity contribution in [3.05, 3.63) is 40.7 Å². The summed E-state index contributed by atoms with van der Waals surface area (Å²) in [4.78, 5) is 6.26. The minimum atomic E-state index is -0.187. The van der Waals surface area contributed by atoms with Crippen molar-refractivity contribution in [1.29, 1.82) is 0 Å². The fraction of sp³-hybridized carbons (Fsp3) is 0.471. The average Bonchev–Trinajstić information content (AvgIpc) is 3.21. The lowest BCUT2D eigenvalue weighted by atomic mass is 9.91. The number of fused-ring (bicyclic) bond motifs is 1. The summed E-state index contributed by atoms with van der Waals surface area (Å²) >= 11 is 1.75. The zero-order valence-electron chi connectivity index (χ0n) is 11.9. The van der Waals surface area contributed by atoms with Gasteiger partial charge in [0.15, 0.2) is 0 Å². The van der Waals surface area contributed by atoms with E-state index in [2.05, 4.69) is 5.32 Å². The molecule has 0 radical (unpaired) electrons. The molecule has 1 unspecified atom stereocenters. The second kappa shape index (κ2) is 5.50. The Labute approximate surface area is 128 Å². The quantitative estimate of drug-likeness (QED) is 0.919. The van der Waals surface area contributed by atoms with Crippen molar-refractivity contribution in [2.45, 2.75) is 44.1 Å². The molecule has 1 N–H and O–H groups in total. The van der Waals surface area contributed by atoms with Gasteiger partial charge in [-0.15, -0.1) is 11.3 Å². The van der Waals surface area contributed by atoms with Crippen molar-refractivity contribution in [3.8, 4) is 10.6 Å². The molecule has 1 saturated carbocycles. The van der Waals surface area contributed by atoms with E-state index in [0.29, 0.717) is 5.92 Å². The van der Waals surface area contributed by atoms with Crippen LogP contribution in [0.2, 0.25) is 0 Å². The van der Waals surface area contributed by atoms with Crippen LogP contribution in [0.4, 0.5) is 4.39 Å². The third kappa shape index (κ3) is 2.87. The highest BCUT2D eigenvalue weighted by molar-refractivity contribution is 7.15. The van der Waals surface area contributed by atoms with Crippen LogP contribution in [0.15, 0.2) is 24.3 Å². The number of aryl methyl sites for hydroxylation is 1. The number of nitrogens with zero attached hydrogens (tertiary/aromatic N) is 1. The molecule has 1 aromatic carbocycles. The Hall–Kier alpha value is -1.26. The minimum absolute atomic E-state index is 0.187. The molecule has 4 rings (SSSR count). The summed E-state index contributed by atoms with van der Waals surface area (Å²) in [7, 11) is 0. The predicted molar refractivity (Wildman–Crippen MR) is 84.2 cm³/mol. The number of hydrogen-bond acceptors (Lipinski definition) is 3. The monoisotopic (exact) mass is 302 g/mol. The predicted octanol–water partition coefficient (Wildman–Crippen LogP) is 4.12. The lowest BCUT2D eigenvalue weighted by Gasteiger charge is -2.21. The van der Waals surface area contributed by atoms with Gasteiger partial charge in [-0.2, -0.15) is 0 Å². The summed E-state index contributed by atoms with van der Waals surface area (Å²) in [5, 5.41) is 4.60. The first-order chi connectivity index (χ1) is 10.3.